The van der Waals surface area contributed by atoms with Crippen LogP contribution in [0.3, 0.4) is 0 Å². The Balaban J connectivity index is 1.88. The molecule has 0 saturated carbocycles. The van der Waals surface area contributed by atoms with Crippen LogP contribution in [-0.4, -0.2) is 0 Å². The van der Waals surface area contributed by atoms with Crippen molar-refractivity contribution in [3.8, 4) is 11.1 Å². The molecular formula is C21H20. The molecule has 0 atom stereocenters. The van der Waals surface area contributed by atoms with Crippen LogP contribution in [0.1, 0.15) is 37.8 Å². The molecule has 2 aliphatic carbocycles. The number of fused-ring (bicyclic) bond motifs is 2. The second-order valence-electron chi connectivity index (χ2n) is 6.58. The minimum absolute atomic E-state index is 0.131. The van der Waals surface area contributed by atoms with Crippen molar-refractivity contribution in [1.29, 1.82) is 0 Å². The Morgan fingerprint density at radius 1 is 0.905 bits per heavy atom. The minimum Gasteiger partial charge on any atom is -0.0839 e. The van der Waals surface area contributed by atoms with Crippen molar-refractivity contribution in [1.82, 2.24) is 0 Å². The smallest absolute Gasteiger partial charge is 0.0155 e. The summed E-state index contributed by atoms with van der Waals surface area (Å²) in [5.74, 6) is 0. The van der Waals surface area contributed by atoms with Crippen molar-refractivity contribution >= 4 is 5.57 Å². The zero-order valence-electron chi connectivity index (χ0n) is 12.7. The van der Waals surface area contributed by atoms with Crippen LogP contribution in [0.2, 0.25) is 0 Å². The van der Waals surface area contributed by atoms with Crippen LogP contribution in [0.25, 0.3) is 16.7 Å². The molecule has 0 radical (unpaired) electrons. The summed E-state index contributed by atoms with van der Waals surface area (Å²) in [5, 5.41) is 0. The zero-order valence-corrected chi connectivity index (χ0v) is 12.7. The van der Waals surface area contributed by atoms with Crippen molar-refractivity contribution in [2.24, 2.45) is 0 Å². The zero-order chi connectivity index (χ0) is 14.4. The first-order valence-corrected chi connectivity index (χ1v) is 7.78. The molecule has 0 N–H and O–H groups in total. The highest BCUT2D eigenvalue weighted by Crippen LogP contribution is 2.50. The molecule has 0 fully saturated rings. The van der Waals surface area contributed by atoms with Gasteiger partial charge in [-0.3, -0.25) is 0 Å². The average molecular weight is 272 g/mol. The number of allylic oxidation sites excluding steroid dienone is 4. The molecule has 2 aromatic rings. The summed E-state index contributed by atoms with van der Waals surface area (Å²) < 4.78 is 0. The van der Waals surface area contributed by atoms with Crippen LogP contribution >= 0.6 is 0 Å². The van der Waals surface area contributed by atoms with Gasteiger partial charge in [0.1, 0.15) is 0 Å². The van der Waals surface area contributed by atoms with E-state index in [9.17, 15) is 0 Å². The largest absolute Gasteiger partial charge is 0.0839 e. The molecule has 4 rings (SSSR count). The van der Waals surface area contributed by atoms with Crippen LogP contribution in [0.15, 0.2) is 66.3 Å². The topological polar surface area (TPSA) is 0 Å². The molecule has 0 heterocycles. The summed E-state index contributed by atoms with van der Waals surface area (Å²) in [6.07, 6.45) is 7.04. The summed E-state index contributed by atoms with van der Waals surface area (Å²) in [6, 6.07) is 17.7. The van der Waals surface area contributed by atoms with Crippen LogP contribution < -0.4 is 0 Å². The minimum atomic E-state index is 0.131. The lowest BCUT2D eigenvalue weighted by Crippen LogP contribution is -2.16. The van der Waals surface area contributed by atoms with Gasteiger partial charge >= 0.3 is 0 Å². The second-order valence-corrected chi connectivity index (χ2v) is 6.58. The van der Waals surface area contributed by atoms with Gasteiger partial charge in [-0.2, -0.15) is 0 Å². The molecule has 21 heavy (non-hydrogen) atoms. The third kappa shape index (κ3) is 1.82. The highest BCUT2D eigenvalue weighted by molar-refractivity contribution is 5.85. The molecule has 0 aromatic heterocycles. The van der Waals surface area contributed by atoms with Crippen molar-refractivity contribution in [2.75, 3.05) is 0 Å². The van der Waals surface area contributed by atoms with Gasteiger partial charge in [0.15, 0.2) is 0 Å². The predicted octanol–water partition coefficient (Wildman–Crippen LogP) is 5.75. The molecule has 0 nitrogen and oxygen atoms in total. The molecule has 2 aliphatic rings. The fourth-order valence-corrected chi connectivity index (χ4v) is 3.81. The molecule has 0 amide bonds. The SMILES string of the molecule is CC1(C)C2=C(CCC=C2)c2ccc(-c3ccccc3)cc21. The first kappa shape index (κ1) is 12.6. The third-order valence-electron chi connectivity index (χ3n) is 4.97. The van der Waals surface area contributed by atoms with Gasteiger partial charge in [-0.15, -0.1) is 0 Å². The first-order valence-electron chi connectivity index (χ1n) is 7.78. The van der Waals surface area contributed by atoms with Gasteiger partial charge in [-0.05, 0) is 52.3 Å². The maximum atomic E-state index is 2.40. The van der Waals surface area contributed by atoms with E-state index in [1.165, 1.54) is 40.7 Å². The van der Waals surface area contributed by atoms with E-state index in [1.54, 1.807) is 5.57 Å². The maximum Gasteiger partial charge on any atom is 0.0155 e. The van der Waals surface area contributed by atoms with Crippen molar-refractivity contribution < 1.29 is 0 Å². The highest BCUT2D eigenvalue weighted by atomic mass is 14.4. The molecule has 0 spiro atoms. The number of benzene rings is 2. The summed E-state index contributed by atoms with van der Waals surface area (Å²) in [6.45, 7) is 4.72. The summed E-state index contributed by atoms with van der Waals surface area (Å²) in [7, 11) is 0. The van der Waals surface area contributed by atoms with Gasteiger partial charge in [0.05, 0.1) is 0 Å². The highest BCUT2D eigenvalue weighted by Gasteiger charge is 2.36. The monoisotopic (exact) mass is 272 g/mol. The standard InChI is InChI=1S/C21H20/c1-21(2)19-11-7-6-10-17(19)18-13-12-16(14-20(18)21)15-8-4-3-5-9-15/h3-5,7-9,11-14H,6,10H2,1-2H3. The third-order valence-corrected chi connectivity index (χ3v) is 4.97. The van der Waals surface area contributed by atoms with Crippen molar-refractivity contribution in [2.45, 2.75) is 32.1 Å². The summed E-state index contributed by atoms with van der Waals surface area (Å²) in [4.78, 5) is 0. The van der Waals surface area contributed by atoms with E-state index < -0.39 is 0 Å². The lowest BCUT2D eigenvalue weighted by molar-refractivity contribution is 0.651. The van der Waals surface area contributed by atoms with Crippen LogP contribution in [0.5, 0.6) is 0 Å². The Morgan fingerprint density at radius 2 is 1.71 bits per heavy atom. The fraction of sp³-hybridized carbons (Fsp3) is 0.238. The van der Waals surface area contributed by atoms with E-state index in [2.05, 4.69) is 74.5 Å². The van der Waals surface area contributed by atoms with Crippen LogP contribution in [0, 0.1) is 0 Å². The Morgan fingerprint density at radius 3 is 2.52 bits per heavy atom. The van der Waals surface area contributed by atoms with E-state index in [0.29, 0.717) is 0 Å². The van der Waals surface area contributed by atoms with E-state index in [1.807, 2.05) is 0 Å². The van der Waals surface area contributed by atoms with Crippen molar-refractivity contribution in [3.63, 3.8) is 0 Å². The van der Waals surface area contributed by atoms with Gasteiger partial charge in [0.25, 0.3) is 0 Å². The van der Waals surface area contributed by atoms with E-state index >= 15 is 0 Å². The Kier molecular flexibility index (Phi) is 2.68. The van der Waals surface area contributed by atoms with Gasteiger partial charge in [0.2, 0.25) is 0 Å². The van der Waals surface area contributed by atoms with Gasteiger partial charge in [-0.25, -0.2) is 0 Å². The Bertz CT molecular complexity index is 758. The molecular weight excluding hydrogens is 252 g/mol. The van der Waals surface area contributed by atoms with Crippen LogP contribution in [0.4, 0.5) is 0 Å². The van der Waals surface area contributed by atoms with E-state index in [-0.39, 0.29) is 5.41 Å². The van der Waals surface area contributed by atoms with Crippen molar-refractivity contribution in [3.05, 3.63) is 77.4 Å². The summed E-state index contributed by atoms with van der Waals surface area (Å²) >= 11 is 0. The lowest BCUT2D eigenvalue weighted by Gasteiger charge is -2.24. The number of hydrogen-bond donors (Lipinski definition) is 0. The molecule has 2 aromatic carbocycles. The van der Waals surface area contributed by atoms with Crippen LogP contribution in [-0.2, 0) is 5.41 Å². The Labute approximate surface area is 126 Å². The second kappa shape index (κ2) is 4.46. The van der Waals surface area contributed by atoms with Gasteiger partial charge in [-0.1, -0.05) is 68.5 Å². The molecule has 0 heteroatoms. The first-order chi connectivity index (χ1) is 10.2. The van der Waals surface area contributed by atoms with E-state index in [0.717, 1.165) is 0 Å². The average Bonchev–Trinajstić information content (AvgIpc) is 2.77. The molecule has 0 saturated heterocycles. The summed E-state index contributed by atoms with van der Waals surface area (Å²) in [5.41, 5.74) is 8.81. The number of hydrogen-bond acceptors (Lipinski definition) is 0. The Hall–Kier alpha value is -2.08. The van der Waals surface area contributed by atoms with Gasteiger partial charge < -0.3 is 0 Å². The molecule has 0 bridgehead atoms. The fourth-order valence-electron chi connectivity index (χ4n) is 3.81. The molecule has 0 aliphatic heterocycles. The quantitative estimate of drug-likeness (QED) is 0.620. The molecule has 0 unspecified atom stereocenters. The normalized spacial score (nSPS) is 18.6. The maximum absolute atomic E-state index is 2.40. The van der Waals surface area contributed by atoms with Gasteiger partial charge in [0, 0.05) is 5.41 Å². The predicted molar refractivity (Wildman–Crippen MR) is 90.2 cm³/mol. The van der Waals surface area contributed by atoms with E-state index in [4.69, 9.17) is 0 Å². The lowest BCUT2D eigenvalue weighted by atomic mass is 9.79. The number of rotatable bonds is 1. The molecule has 104 valence electrons.